The molecule has 6 heteroatoms. The molecular formula is C27H37Cl2NO2Zr. The van der Waals surface area contributed by atoms with E-state index in [9.17, 15) is 5.11 Å². The van der Waals surface area contributed by atoms with E-state index in [1.807, 2.05) is 36.5 Å². The Kier molecular flexibility index (Phi) is 11.0. The zero-order valence-corrected chi connectivity index (χ0v) is 24.6. The fraction of sp³-hybridized carbons (Fsp3) is 0.519. The van der Waals surface area contributed by atoms with Crippen molar-refractivity contribution < 1.29 is 30.7 Å². The van der Waals surface area contributed by atoms with Gasteiger partial charge in [0.15, 0.2) is 0 Å². The molecule has 1 aliphatic carbocycles. The molecule has 1 aliphatic rings. The molecule has 1 N–H and O–H groups in total. The van der Waals surface area contributed by atoms with Gasteiger partial charge in [0.2, 0.25) is 0 Å². The second-order valence-electron chi connectivity index (χ2n) is 10.3. The molecule has 180 valence electrons. The first-order valence-electron chi connectivity index (χ1n) is 11.5. The number of methoxy groups -OCH3 is 1. The molecule has 0 heterocycles. The normalized spacial score (nSPS) is 19.0. The van der Waals surface area contributed by atoms with Crippen LogP contribution in [0.4, 0.5) is 0 Å². The summed E-state index contributed by atoms with van der Waals surface area (Å²) in [5, 5.41) is 11.1. The Bertz CT molecular complexity index is 902. The van der Waals surface area contributed by atoms with Crippen LogP contribution in [0.1, 0.15) is 77.0 Å². The molecule has 0 atom stereocenters. The SMILES string of the molecule is COc1cc(C=NC2CCC(C(C)(C)C)CC2)c(O)c(C(C)(C)c2ccccc2)c1.[Cl][Zr][Cl]. The average molecular weight is 570 g/mol. The van der Waals surface area contributed by atoms with Crippen molar-refractivity contribution in [3.05, 3.63) is 59.2 Å². The standard InChI is InChI=1S/C27H37NO2.2ClH.Zr/c1-26(2,3)20-12-14-22(15-13-20)28-18-19-16-23(30-6)17-24(25(19)29)27(4,5)21-10-8-7-9-11-21;;;/h7-11,16-18,20,22,29H,12-15H2,1-6H3;2*1H;/q;;;+2/p-2. The summed E-state index contributed by atoms with van der Waals surface area (Å²) in [6.07, 6.45) is 6.53. The van der Waals surface area contributed by atoms with E-state index >= 15 is 0 Å². The maximum atomic E-state index is 11.1. The van der Waals surface area contributed by atoms with E-state index in [0.29, 0.717) is 11.5 Å². The Labute approximate surface area is 218 Å². The Morgan fingerprint density at radius 3 is 2.09 bits per heavy atom. The zero-order chi connectivity index (χ0) is 24.6. The minimum absolute atomic E-state index is 0.289. The Morgan fingerprint density at radius 2 is 1.58 bits per heavy atom. The molecule has 0 aromatic heterocycles. The van der Waals surface area contributed by atoms with Crippen molar-refractivity contribution in [1.29, 1.82) is 0 Å². The van der Waals surface area contributed by atoms with Crippen molar-refractivity contribution in [2.45, 2.75) is 71.8 Å². The van der Waals surface area contributed by atoms with Gasteiger partial charge in [0, 0.05) is 28.8 Å². The quantitative estimate of drug-likeness (QED) is 0.370. The summed E-state index contributed by atoms with van der Waals surface area (Å²) in [4.78, 5) is 4.86. The first-order valence-corrected chi connectivity index (χ1v) is 17.8. The molecule has 0 bridgehead atoms. The van der Waals surface area contributed by atoms with Crippen LogP contribution in [0, 0.1) is 11.3 Å². The predicted molar refractivity (Wildman–Crippen MR) is 138 cm³/mol. The van der Waals surface area contributed by atoms with Gasteiger partial charge >= 0.3 is 37.9 Å². The van der Waals surface area contributed by atoms with Crippen molar-refractivity contribution in [2.24, 2.45) is 16.3 Å². The van der Waals surface area contributed by atoms with Crippen molar-refractivity contribution in [2.75, 3.05) is 7.11 Å². The van der Waals surface area contributed by atoms with Crippen LogP contribution < -0.4 is 4.74 Å². The van der Waals surface area contributed by atoms with Crippen LogP contribution >= 0.6 is 17.0 Å². The van der Waals surface area contributed by atoms with Gasteiger partial charge in [-0.3, -0.25) is 4.99 Å². The number of aromatic hydroxyl groups is 1. The molecule has 2 aromatic carbocycles. The van der Waals surface area contributed by atoms with Gasteiger partial charge in [0.25, 0.3) is 0 Å². The summed E-state index contributed by atoms with van der Waals surface area (Å²) < 4.78 is 5.55. The van der Waals surface area contributed by atoms with Gasteiger partial charge in [-0.2, -0.15) is 0 Å². The van der Waals surface area contributed by atoms with Crippen LogP contribution in [-0.4, -0.2) is 24.5 Å². The summed E-state index contributed by atoms with van der Waals surface area (Å²) in [5.74, 6) is 1.80. The summed E-state index contributed by atoms with van der Waals surface area (Å²) >= 11 is -0.826. The van der Waals surface area contributed by atoms with E-state index in [4.69, 9.17) is 26.8 Å². The van der Waals surface area contributed by atoms with Crippen LogP contribution in [0.15, 0.2) is 47.5 Å². The molecule has 0 saturated heterocycles. The van der Waals surface area contributed by atoms with E-state index in [1.54, 1.807) is 7.11 Å². The maximum absolute atomic E-state index is 11.1. The molecule has 3 nitrogen and oxygen atoms in total. The Hall–Kier alpha value is -0.827. The second-order valence-corrected chi connectivity index (χ2v) is 14.1. The van der Waals surface area contributed by atoms with Crippen LogP contribution in [0.25, 0.3) is 0 Å². The van der Waals surface area contributed by atoms with Crippen LogP contribution in [-0.2, 0) is 26.3 Å². The molecular weight excluding hydrogens is 532 g/mol. The van der Waals surface area contributed by atoms with Gasteiger partial charge in [0.1, 0.15) is 11.5 Å². The first-order chi connectivity index (χ1) is 15.5. The van der Waals surface area contributed by atoms with E-state index < -0.39 is 20.8 Å². The number of benzene rings is 2. The van der Waals surface area contributed by atoms with Crippen LogP contribution in [0.3, 0.4) is 0 Å². The number of hydrogen-bond donors (Lipinski definition) is 1. The molecule has 1 fully saturated rings. The molecule has 0 aliphatic heterocycles. The van der Waals surface area contributed by atoms with Gasteiger partial charge in [-0.05, 0) is 54.7 Å². The van der Waals surface area contributed by atoms with Gasteiger partial charge in [-0.1, -0.05) is 65.0 Å². The summed E-state index contributed by atoms with van der Waals surface area (Å²) in [6.45, 7) is 11.3. The fourth-order valence-electron chi connectivity index (χ4n) is 4.61. The molecule has 3 rings (SSSR count). The molecule has 33 heavy (non-hydrogen) atoms. The van der Waals surface area contributed by atoms with Gasteiger partial charge < -0.3 is 9.84 Å². The third-order valence-corrected chi connectivity index (χ3v) is 6.86. The minimum atomic E-state index is -0.826. The summed E-state index contributed by atoms with van der Waals surface area (Å²) in [6, 6.07) is 14.4. The predicted octanol–water partition coefficient (Wildman–Crippen LogP) is 8.13. The van der Waals surface area contributed by atoms with Crippen LogP contribution in [0.5, 0.6) is 11.5 Å². The van der Waals surface area contributed by atoms with Gasteiger partial charge in [0.05, 0.1) is 7.11 Å². The average Bonchev–Trinajstić information content (AvgIpc) is 2.79. The Morgan fingerprint density at radius 1 is 1.00 bits per heavy atom. The van der Waals surface area contributed by atoms with E-state index in [-0.39, 0.29) is 11.2 Å². The van der Waals surface area contributed by atoms with Crippen LogP contribution in [0.2, 0.25) is 0 Å². The molecule has 0 spiro atoms. The molecule has 0 amide bonds. The topological polar surface area (TPSA) is 41.8 Å². The number of hydrogen-bond acceptors (Lipinski definition) is 3. The second kappa shape index (κ2) is 12.8. The third kappa shape index (κ3) is 7.84. The number of ether oxygens (including phenoxy) is 1. The van der Waals surface area contributed by atoms with E-state index in [1.165, 1.54) is 12.8 Å². The molecule has 2 aromatic rings. The van der Waals surface area contributed by atoms with E-state index in [0.717, 1.165) is 41.2 Å². The van der Waals surface area contributed by atoms with E-state index in [2.05, 4.69) is 46.8 Å². The first kappa shape index (κ1) is 28.4. The van der Waals surface area contributed by atoms with Crippen molar-refractivity contribution in [3.63, 3.8) is 0 Å². The monoisotopic (exact) mass is 567 g/mol. The number of aliphatic imine (C=N–C) groups is 1. The number of phenolic OH excluding ortho intramolecular Hbond substituents is 1. The molecule has 0 radical (unpaired) electrons. The zero-order valence-electron chi connectivity index (χ0n) is 20.7. The van der Waals surface area contributed by atoms with Gasteiger partial charge in [-0.15, -0.1) is 0 Å². The molecule has 0 unspecified atom stereocenters. The molecule has 1 saturated carbocycles. The number of rotatable bonds is 5. The van der Waals surface area contributed by atoms with Crippen molar-refractivity contribution >= 4 is 23.2 Å². The Balaban J connectivity index is 0.00000122. The number of nitrogens with zero attached hydrogens (tertiary/aromatic N) is 1. The summed E-state index contributed by atoms with van der Waals surface area (Å²) in [5.41, 5.74) is 2.75. The summed E-state index contributed by atoms with van der Waals surface area (Å²) in [7, 11) is 11.5. The number of phenols is 1. The van der Waals surface area contributed by atoms with Crippen molar-refractivity contribution in [1.82, 2.24) is 0 Å². The number of halogens is 2. The van der Waals surface area contributed by atoms with Crippen molar-refractivity contribution in [3.8, 4) is 11.5 Å². The van der Waals surface area contributed by atoms with Gasteiger partial charge in [-0.25, -0.2) is 0 Å². The third-order valence-electron chi connectivity index (χ3n) is 6.86. The fourth-order valence-corrected chi connectivity index (χ4v) is 4.61.